The van der Waals surface area contributed by atoms with Gasteiger partial charge < -0.3 is 16.2 Å². The van der Waals surface area contributed by atoms with Crippen LogP contribution in [0.1, 0.15) is 20.3 Å². The Morgan fingerprint density at radius 3 is 2.14 bits per heavy atom. The van der Waals surface area contributed by atoms with Crippen molar-refractivity contribution >= 4 is 23.7 Å². The van der Waals surface area contributed by atoms with Crippen LogP contribution in [0.2, 0.25) is 0 Å². The Labute approximate surface area is 122 Å². The van der Waals surface area contributed by atoms with Gasteiger partial charge in [0.15, 0.2) is 0 Å². The minimum atomic E-state index is -1.19. The summed E-state index contributed by atoms with van der Waals surface area (Å²) < 4.78 is 4.45. The largest absolute Gasteiger partial charge is 0.468 e. The van der Waals surface area contributed by atoms with E-state index in [1.54, 1.807) is 13.8 Å². The van der Waals surface area contributed by atoms with Gasteiger partial charge in [-0.25, -0.2) is 0 Å². The molecule has 0 unspecified atom stereocenters. The van der Waals surface area contributed by atoms with Crippen molar-refractivity contribution in [2.75, 3.05) is 13.7 Å². The van der Waals surface area contributed by atoms with Gasteiger partial charge in [-0.3, -0.25) is 29.8 Å². The molecule has 0 fully saturated rings. The molecule has 9 nitrogen and oxygen atoms in total. The zero-order valence-corrected chi connectivity index (χ0v) is 12.3. The molecule has 21 heavy (non-hydrogen) atoms. The van der Waals surface area contributed by atoms with Crippen LogP contribution < -0.4 is 22.1 Å². The van der Waals surface area contributed by atoms with Gasteiger partial charge in [-0.05, 0) is 5.92 Å². The van der Waals surface area contributed by atoms with Gasteiger partial charge in [-0.15, -0.1) is 0 Å². The molecule has 0 rings (SSSR count). The number of primary amides is 1. The van der Waals surface area contributed by atoms with Gasteiger partial charge in [0.1, 0.15) is 0 Å². The van der Waals surface area contributed by atoms with Crippen molar-refractivity contribution in [1.82, 2.24) is 10.6 Å². The number of carbonyl (C=O) groups excluding carboxylic acids is 4. The van der Waals surface area contributed by atoms with Crippen LogP contribution in [0.3, 0.4) is 0 Å². The van der Waals surface area contributed by atoms with Crippen molar-refractivity contribution in [3.63, 3.8) is 0 Å². The lowest BCUT2D eigenvalue weighted by Gasteiger charge is -2.21. The molecule has 0 spiro atoms. The number of nitrogens with two attached hydrogens (primary N) is 2. The minimum absolute atomic E-state index is 0.172. The van der Waals surface area contributed by atoms with E-state index in [1.807, 2.05) is 0 Å². The van der Waals surface area contributed by atoms with Crippen molar-refractivity contribution in [3.8, 4) is 0 Å². The molecule has 0 radical (unpaired) electrons. The molecular formula is C12H22N4O5. The van der Waals surface area contributed by atoms with Crippen molar-refractivity contribution in [2.24, 2.45) is 17.4 Å². The lowest BCUT2D eigenvalue weighted by molar-refractivity contribution is -0.140. The van der Waals surface area contributed by atoms with E-state index in [0.29, 0.717) is 0 Å². The molecule has 6 N–H and O–H groups in total. The second kappa shape index (κ2) is 9.03. The van der Waals surface area contributed by atoms with Crippen LogP contribution in [0, 0.1) is 5.92 Å². The number of methoxy groups -OCH3 is 1. The number of nitrogens with one attached hydrogen (secondary N) is 2. The summed E-state index contributed by atoms with van der Waals surface area (Å²) in [6, 6.07) is -1.98. The first-order valence-electron chi connectivity index (χ1n) is 6.37. The lowest BCUT2D eigenvalue weighted by Crippen LogP contribution is -2.54. The van der Waals surface area contributed by atoms with Crippen LogP contribution in [0.5, 0.6) is 0 Å². The van der Waals surface area contributed by atoms with Gasteiger partial charge in [-0.2, -0.15) is 0 Å². The highest BCUT2D eigenvalue weighted by atomic mass is 16.5. The summed E-state index contributed by atoms with van der Waals surface area (Å²) in [6.45, 7) is 3.30. The fraction of sp³-hybridized carbons (Fsp3) is 0.667. The zero-order chi connectivity index (χ0) is 16.6. The predicted octanol–water partition coefficient (Wildman–Crippen LogP) is -2.38. The Morgan fingerprint density at radius 2 is 1.71 bits per heavy atom. The van der Waals surface area contributed by atoms with Crippen molar-refractivity contribution < 1.29 is 23.9 Å². The van der Waals surface area contributed by atoms with E-state index in [1.165, 1.54) is 7.11 Å². The smallest absolute Gasteiger partial charge is 0.319 e. The van der Waals surface area contributed by atoms with E-state index in [4.69, 9.17) is 11.5 Å². The average Bonchev–Trinajstić information content (AvgIpc) is 2.37. The van der Waals surface area contributed by atoms with E-state index in [2.05, 4.69) is 15.4 Å². The zero-order valence-electron chi connectivity index (χ0n) is 12.3. The third-order valence-corrected chi connectivity index (χ3v) is 2.65. The molecule has 120 valence electrons. The van der Waals surface area contributed by atoms with Crippen LogP contribution in [-0.2, 0) is 23.9 Å². The predicted molar refractivity (Wildman–Crippen MR) is 73.6 cm³/mol. The van der Waals surface area contributed by atoms with E-state index in [9.17, 15) is 19.2 Å². The molecule has 2 atom stereocenters. The van der Waals surface area contributed by atoms with Crippen LogP contribution >= 0.6 is 0 Å². The first-order valence-corrected chi connectivity index (χ1v) is 6.37. The highest BCUT2D eigenvalue weighted by Crippen LogP contribution is 2.02. The van der Waals surface area contributed by atoms with Crippen LogP contribution in [-0.4, -0.2) is 49.4 Å². The Morgan fingerprint density at radius 1 is 1.14 bits per heavy atom. The van der Waals surface area contributed by atoms with Crippen LogP contribution in [0.4, 0.5) is 0 Å². The second-order valence-corrected chi connectivity index (χ2v) is 4.81. The molecular weight excluding hydrogens is 280 g/mol. The van der Waals surface area contributed by atoms with Gasteiger partial charge in [0, 0.05) is 0 Å². The molecule has 0 aliphatic carbocycles. The molecule has 0 aromatic rings. The fourth-order valence-electron chi connectivity index (χ4n) is 1.50. The summed E-state index contributed by atoms with van der Waals surface area (Å²) in [5, 5.41) is 4.77. The number of hydrogen-bond donors (Lipinski definition) is 4. The molecule has 0 saturated heterocycles. The summed E-state index contributed by atoms with van der Waals surface area (Å²) in [7, 11) is 1.22. The Kier molecular flexibility index (Phi) is 8.17. The summed E-state index contributed by atoms with van der Waals surface area (Å²) in [5.74, 6) is -2.91. The molecule has 0 heterocycles. The summed E-state index contributed by atoms with van der Waals surface area (Å²) in [4.78, 5) is 45.3. The van der Waals surface area contributed by atoms with Crippen molar-refractivity contribution in [2.45, 2.75) is 32.4 Å². The molecule has 3 amide bonds. The van der Waals surface area contributed by atoms with Gasteiger partial charge in [0.25, 0.3) is 0 Å². The van der Waals surface area contributed by atoms with E-state index in [0.717, 1.165) is 0 Å². The molecule has 0 aromatic heterocycles. The van der Waals surface area contributed by atoms with Crippen molar-refractivity contribution in [1.29, 1.82) is 0 Å². The Bertz CT molecular complexity index is 410. The number of ether oxygens (including phenoxy) is 1. The van der Waals surface area contributed by atoms with Crippen LogP contribution in [0.25, 0.3) is 0 Å². The molecule has 9 heteroatoms. The van der Waals surface area contributed by atoms with Gasteiger partial charge in [0.2, 0.25) is 17.7 Å². The quantitative estimate of drug-likeness (QED) is 0.365. The van der Waals surface area contributed by atoms with Gasteiger partial charge in [-0.1, -0.05) is 13.8 Å². The monoisotopic (exact) mass is 302 g/mol. The second-order valence-electron chi connectivity index (χ2n) is 4.81. The first kappa shape index (κ1) is 19.0. The van der Waals surface area contributed by atoms with E-state index < -0.39 is 35.8 Å². The number of carbonyl (C=O) groups is 4. The molecule has 0 saturated carbocycles. The first-order chi connectivity index (χ1) is 9.68. The third kappa shape index (κ3) is 7.37. The SMILES string of the molecule is COC(=O)CN[C@H](C(=O)NC(=O)[C@@H](N)CC(N)=O)C(C)C. The maximum Gasteiger partial charge on any atom is 0.319 e. The number of imide groups is 1. The number of esters is 1. The highest BCUT2D eigenvalue weighted by Gasteiger charge is 2.26. The summed E-state index contributed by atoms with van der Waals surface area (Å²) in [6.07, 6.45) is -0.360. The summed E-state index contributed by atoms with van der Waals surface area (Å²) in [5.41, 5.74) is 10.3. The van der Waals surface area contributed by atoms with Gasteiger partial charge in [0.05, 0.1) is 32.2 Å². The standard InChI is InChI=1S/C12H22N4O5/c1-6(2)10(15-5-9(18)21-3)12(20)16-11(19)7(13)4-8(14)17/h6-7,10,15H,4-5,13H2,1-3H3,(H2,14,17)(H,16,19,20)/t7-,10-/m0/s1. The van der Waals surface area contributed by atoms with Crippen molar-refractivity contribution in [3.05, 3.63) is 0 Å². The maximum absolute atomic E-state index is 12.0. The number of rotatable bonds is 8. The lowest BCUT2D eigenvalue weighted by atomic mass is 10.0. The van der Waals surface area contributed by atoms with E-state index in [-0.39, 0.29) is 18.9 Å². The topological polar surface area (TPSA) is 154 Å². The van der Waals surface area contributed by atoms with Crippen LogP contribution in [0.15, 0.2) is 0 Å². The normalized spacial score (nSPS) is 13.4. The maximum atomic E-state index is 12.0. The van der Waals surface area contributed by atoms with Gasteiger partial charge >= 0.3 is 5.97 Å². The number of hydrogen-bond acceptors (Lipinski definition) is 7. The summed E-state index contributed by atoms with van der Waals surface area (Å²) >= 11 is 0. The minimum Gasteiger partial charge on any atom is -0.468 e. The average molecular weight is 302 g/mol. The molecule has 0 aromatic carbocycles. The van der Waals surface area contributed by atoms with E-state index >= 15 is 0 Å². The Hall–Kier alpha value is -2.00. The highest BCUT2D eigenvalue weighted by molar-refractivity contribution is 6.01. The molecule has 0 aliphatic rings. The molecule has 0 aliphatic heterocycles. The molecule has 0 bridgehead atoms. The fourth-order valence-corrected chi connectivity index (χ4v) is 1.50. The Balaban J connectivity index is 4.57. The third-order valence-electron chi connectivity index (χ3n) is 2.65. The number of amides is 3.